The van der Waals surface area contributed by atoms with Crippen LogP contribution in [-0.2, 0) is 20.7 Å². The second-order valence-electron chi connectivity index (χ2n) is 4.76. The van der Waals surface area contributed by atoms with Crippen LogP contribution in [0, 0.1) is 5.92 Å². The summed E-state index contributed by atoms with van der Waals surface area (Å²) in [7, 11) is 0. The summed E-state index contributed by atoms with van der Waals surface area (Å²) in [5.41, 5.74) is 0.884. The summed E-state index contributed by atoms with van der Waals surface area (Å²) in [5.74, 6) is -1.17. The first-order valence-electron chi connectivity index (χ1n) is 7.35. The molecule has 0 radical (unpaired) electrons. The van der Waals surface area contributed by atoms with E-state index in [9.17, 15) is 14.7 Å². The fourth-order valence-electron chi connectivity index (χ4n) is 1.90. The molecule has 0 spiro atoms. The van der Waals surface area contributed by atoms with Crippen molar-refractivity contribution in [1.29, 1.82) is 0 Å². The molecule has 6 nitrogen and oxygen atoms in total. The van der Waals surface area contributed by atoms with E-state index in [0.29, 0.717) is 19.6 Å². The summed E-state index contributed by atoms with van der Waals surface area (Å²) in [6, 6.07) is 7.29. The maximum absolute atomic E-state index is 11.5. The van der Waals surface area contributed by atoms with Crippen LogP contribution in [0.1, 0.15) is 19.4 Å². The van der Waals surface area contributed by atoms with E-state index in [4.69, 9.17) is 9.47 Å². The predicted octanol–water partition coefficient (Wildman–Crippen LogP) is 1.48. The quantitative estimate of drug-likeness (QED) is 0.684. The van der Waals surface area contributed by atoms with Crippen LogP contribution in [0.5, 0.6) is 5.75 Å². The minimum Gasteiger partial charge on any atom is -0.494 e. The van der Waals surface area contributed by atoms with Gasteiger partial charge in [0.2, 0.25) is 5.91 Å². The molecular weight excluding hydrogens is 286 g/mol. The van der Waals surface area contributed by atoms with Crippen LogP contribution in [-0.4, -0.2) is 43.3 Å². The third kappa shape index (κ3) is 6.58. The van der Waals surface area contributed by atoms with Gasteiger partial charge in [-0.2, -0.15) is 0 Å². The molecule has 0 fully saturated rings. The Morgan fingerprint density at radius 2 is 1.86 bits per heavy atom. The Balaban J connectivity index is 2.53. The smallest absolute Gasteiger partial charge is 0.308 e. The highest BCUT2D eigenvalue weighted by molar-refractivity contribution is 5.78. The monoisotopic (exact) mass is 309 g/mol. The van der Waals surface area contributed by atoms with Gasteiger partial charge in [0.1, 0.15) is 12.4 Å². The summed E-state index contributed by atoms with van der Waals surface area (Å²) in [6.45, 7) is 4.75. The topological polar surface area (TPSA) is 84.9 Å². The Morgan fingerprint density at radius 1 is 1.18 bits per heavy atom. The molecule has 0 saturated carbocycles. The molecular formula is C16H23NO5. The first-order valence-corrected chi connectivity index (χ1v) is 7.35. The number of ether oxygens (including phenoxy) is 2. The molecule has 0 aliphatic carbocycles. The van der Waals surface area contributed by atoms with E-state index >= 15 is 0 Å². The van der Waals surface area contributed by atoms with Gasteiger partial charge in [-0.15, -0.1) is 0 Å². The van der Waals surface area contributed by atoms with Crippen molar-refractivity contribution in [3.05, 3.63) is 29.8 Å². The van der Waals surface area contributed by atoms with Crippen molar-refractivity contribution in [2.45, 2.75) is 20.3 Å². The molecule has 0 aliphatic heterocycles. The number of carbonyl (C=O) groups is 2. The number of amides is 1. The number of hydrogen-bond acceptors (Lipinski definition) is 4. The molecule has 1 unspecified atom stereocenters. The maximum atomic E-state index is 11.5. The Morgan fingerprint density at radius 3 is 2.41 bits per heavy atom. The van der Waals surface area contributed by atoms with E-state index in [1.54, 1.807) is 6.92 Å². The van der Waals surface area contributed by atoms with Crippen molar-refractivity contribution >= 4 is 11.9 Å². The van der Waals surface area contributed by atoms with Crippen molar-refractivity contribution in [3.63, 3.8) is 0 Å². The Hall–Kier alpha value is -2.08. The average molecular weight is 309 g/mol. The normalized spacial score (nSPS) is 11.7. The van der Waals surface area contributed by atoms with Crippen LogP contribution < -0.4 is 10.1 Å². The first-order chi connectivity index (χ1) is 10.6. The van der Waals surface area contributed by atoms with E-state index in [0.717, 1.165) is 11.3 Å². The third-order valence-electron chi connectivity index (χ3n) is 3.05. The molecule has 0 aromatic heterocycles. The van der Waals surface area contributed by atoms with E-state index in [2.05, 4.69) is 5.32 Å². The second kappa shape index (κ2) is 9.78. The number of nitrogens with one attached hydrogen (secondary N) is 1. The van der Waals surface area contributed by atoms with Gasteiger partial charge in [-0.3, -0.25) is 9.59 Å². The third-order valence-corrected chi connectivity index (χ3v) is 3.05. The largest absolute Gasteiger partial charge is 0.494 e. The van der Waals surface area contributed by atoms with E-state index in [1.807, 2.05) is 31.2 Å². The fourth-order valence-corrected chi connectivity index (χ4v) is 1.90. The van der Waals surface area contributed by atoms with E-state index in [1.165, 1.54) is 0 Å². The molecule has 0 saturated heterocycles. The lowest BCUT2D eigenvalue weighted by Crippen LogP contribution is -2.36. The molecule has 1 amide bonds. The zero-order valence-corrected chi connectivity index (χ0v) is 13.0. The van der Waals surface area contributed by atoms with E-state index < -0.39 is 11.9 Å². The number of hydrogen-bond donors (Lipinski definition) is 2. The van der Waals surface area contributed by atoms with Crippen LogP contribution >= 0.6 is 0 Å². The predicted molar refractivity (Wildman–Crippen MR) is 81.9 cm³/mol. The van der Waals surface area contributed by atoms with Gasteiger partial charge in [0.15, 0.2) is 0 Å². The van der Waals surface area contributed by atoms with Gasteiger partial charge in [-0.1, -0.05) is 12.1 Å². The Labute approximate surface area is 130 Å². The summed E-state index contributed by atoms with van der Waals surface area (Å²) in [6.07, 6.45) is 0.344. The maximum Gasteiger partial charge on any atom is 0.308 e. The summed E-state index contributed by atoms with van der Waals surface area (Å²) >= 11 is 0. The van der Waals surface area contributed by atoms with Crippen molar-refractivity contribution in [2.24, 2.45) is 5.92 Å². The fraction of sp³-hybridized carbons (Fsp3) is 0.500. The molecule has 1 rings (SSSR count). The second-order valence-corrected chi connectivity index (χ2v) is 4.76. The van der Waals surface area contributed by atoms with Crippen molar-refractivity contribution in [3.8, 4) is 5.75 Å². The molecule has 2 N–H and O–H groups in total. The molecule has 6 heteroatoms. The molecule has 122 valence electrons. The van der Waals surface area contributed by atoms with Crippen LogP contribution in [0.4, 0.5) is 0 Å². The minimum absolute atomic E-state index is 0.0497. The number of carbonyl (C=O) groups excluding carboxylic acids is 1. The van der Waals surface area contributed by atoms with Gasteiger partial charge < -0.3 is 19.9 Å². The Kier molecular flexibility index (Phi) is 7.99. The van der Waals surface area contributed by atoms with Crippen LogP contribution in [0.2, 0.25) is 0 Å². The average Bonchev–Trinajstić information content (AvgIpc) is 2.51. The number of aliphatic carboxylic acids is 1. The molecule has 0 bridgehead atoms. The number of carboxylic acid groups (broad SMARTS) is 1. The first kappa shape index (κ1) is 18.0. The minimum atomic E-state index is -0.939. The zero-order chi connectivity index (χ0) is 16.4. The lowest BCUT2D eigenvalue weighted by atomic mass is 9.99. The van der Waals surface area contributed by atoms with Gasteiger partial charge in [0, 0.05) is 13.2 Å². The number of carboxylic acids is 1. The highest BCUT2D eigenvalue weighted by Gasteiger charge is 2.19. The molecule has 1 aromatic carbocycles. The molecule has 0 heterocycles. The van der Waals surface area contributed by atoms with Crippen molar-refractivity contribution in [1.82, 2.24) is 5.32 Å². The summed E-state index contributed by atoms with van der Waals surface area (Å²) in [4.78, 5) is 22.7. The van der Waals surface area contributed by atoms with Gasteiger partial charge >= 0.3 is 5.97 Å². The van der Waals surface area contributed by atoms with Gasteiger partial charge in [0.25, 0.3) is 0 Å². The highest BCUT2D eigenvalue weighted by Crippen LogP contribution is 2.15. The number of rotatable bonds is 10. The van der Waals surface area contributed by atoms with Gasteiger partial charge in [-0.05, 0) is 38.0 Å². The standard InChI is InChI=1S/C16H23NO5/c1-3-21-11-15(18)17-10-13(16(19)20)9-12-5-7-14(8-6-12)22-4-2/h5-8,13H,3-4,9-11H2,1-2H3,(H,17,18)(H,19,20). The highest BCUT2D eigenvalue weighted by atomic mass is 16.5. The lowest BCUT2D eigenvalue weighted by Gasteiger charge is -2.14. The van der Waals surface area contributed by atoms with Crippen molar-refractivity contribution in [2.75, 3.05) is 26.4 Å². The van der Waals surface area contributed by atoms with Crippen LogP contribution in [0.3, 0.4) is 0 Å². The molecule has 22 heavy (non-hydrogen) atoms. The SMILES string of the molecule is CCOCC(=O)NCC(Cc1ccc(OCC)cc1)C(=O)O. The molecule has 1 atom stereocenters. The van der Waals surface area contributed by atoms with Crippen LogP contribution in [0.15, 0.2) is 24.3 Å². The van der Waals surface area contributed by atoms with E-state index in [-0.39, 0.29) is 19.1 Å². The zero-order valence-electron chi connectivity index (χ0n) is 13.0. The van der Waals surface area contributed by atoms with Gasteiger partial charge in [-0.25, -0.2) is 0 Å². The summed E-state index contributed by atoms with van der Waals surface area (Å²) < 4.78 is 10.3. The lowest BCUT2D eigenvalue weighted by molar-refractivity contribution is -0.141. The summed E-state index contributed by atoms with van der Waals surface area (Å²) in [5, 5.41) is 11.8. The van der Waals surface area contributed by atoms with Crippen LogP contribution in [0.25, 0.3) is 0 Å². The Bertz CT molecular complexity index is 472. The van der Waals surface area contributed by atoms with Gasteiger partial charge in [0.05, 0.1) is 12.5 Å². The molecule has 0 aliphatic rings. The molecule has 1 aromatic rings. The van der Waals surface area contributed by atoms with Crippen molar-refractivity contribution < 1.29 is 24.2 Å². The number of benzene rings is 1.